The van der Waals surface area contributed by atoms with Crippen LogP contribution in [0.15, 0.2) is 23.1 Å². The molecule has 14 heavy (non-hydrogen) atoms. The lowest BCUT2D eigenvalue weighted by molar-refractivity contribution is 0.603. The highest BCUT2D eigenvalue weighted by Crippen LogP contribution is 2.15. The minimum absolute atomic E-state index is 0. The van der Waals surface area contributed by atoms with Crippen LogP contribution in [-0.2, 0) is 11.0 Å². The van der Waals surface area contributed by atoms with Gasteiger partial charge in [-0.25, -0.2) is 8.51 Å². The van der Waals surface area contributed by atoms with E-state index in [-0.39, 0.29) is 5.48 Å². The van der Waals surface area contributed by atoms with Gasteiger partial charge in [0.25, 0.3) is 0 Å². The largest absolute Gasteiger partial charge is 0.412 e. The van der Waals surface area contributed by atoms with Crippen LogP contribution >= 0.6 is 0 Å². The molecule has 0 aliphatic heterocycles. The summed E-state index contributed by atoms with van der Waals surface area (Å²) in [6.45, 7) is 1.94. The lowest BCUT2D eigenvalue weighted by Crippen LogP contribution is -2.15. The van der Waals surface area contributed by atoms with E-state index in [1.54, 1.807) is 24.5 Å². The monoisotopic (exact) mass is 216 g/mol. The molecule has 0 saturated carbocycles. The Bertz CT molecular complexity index is 319. The van der Waals surface area contributed by atoms with E-state index in [1.807, 2.05) is 19.1 Å². The van der Waals surface area contributed by atoms with Crippen LogP contribution in [0.25, 0.3) is 0 Å². The summed E-state index contributed by atoms with van der Waals surface area (Å²) in [6, 6.07) is 5.48. The summed E-state index contributed by atoms with van der Waals surface area (Å²) in [7, 11) is 2.44. The Morgan fingerprint density at radius 2 is 1.86 bits per heavy atom. The zero-order valence-corrected chi connectivity index (χ0v) is 9.39. The number of anilines is 1. The second-order valence-corrected chi connectivity index (χ2v) is 4.84. The molecule has 1 rings (SSSR count). The Balaban J connectivity index is 0.00000169. The highest BCUT2D eigenvalue weighted by atomic mass is 32.2. The summed E-state index contributed by atoms with van der Waals surface area (Å²) in [5.74, 6) is 0. The molecule has 0 spiro atoms. The number of hydrogen-bond acceptors (Lipinski definition) is 2. The van der Waals surface area contributed by atoms with E-state index >= 15 is 0 Å². The minimum atomic E-state index is -1.10. The molecule has 4 nitrogen and oxygen atoms in total. The molecular weight excluding hydrogens is 200 g/mol. The molecule has 5 heteroatoms. The molecule has 1 unspecified atom stereocenters. The van der Waals surface area contributed by atoms with Crippen LogP contribution in [-0.4, -0.2) is 28.1 Å². The molecule has 0 saturated heterocycles. The fraction of sp³-hybridized carbons (Fsp3) is 0.333. The van der Waals surface area contributed by atoms with Gasteiger partial charge in [-0.05, 0) is 44.8 Å². The molecule has 1 atom stereocenters. The van der Waals surface area contributed by atoms with Crippen LogP contribution in [0.3, 0.4) is 0 Å². The third kappa shape index (κ3) is 3.10. The number of benzene rings is 1. The van der Waals surface area contributed by atoms with E-state index in [2.05, 4.69) is 0 Å². The van der Waals surface area contributed by atoms with Crippen molar-refractivity contribution in [3.8, 4) is 0 Å². The van der Waals surface area contributed by atoms with Crippen molar-refractivity contribution in [3.63, 3.8) is 0 Å². The molecular formula is C9H16N2O2S. The second-order valence-electron chi connectivity index (χ2n) is 3.14. The molecule has 0 fully saturated rings. The standard InChI is InChI=1S/C9H14N2OS.H2O/c1-7-4-8(10)6-9(5-7)13(12)11(2)3;/h4-6H,10H2,1-3H3;1H2. The number of aryl methyl sites for hydroxylation is 1. The molecule has 0 heterocycles. The summed E-state index contributed by atoms with van der Waals surface area (Å²) in [5, 5.41) is 0. The van der Waals surface area contributed by atoms with Crippen molar-refractivity contribution in [3.05, 3.63) is 23.8 Å². The van der Waals surface area contributed by atoms with Gasteiger partial charge in [-0.3, -0.25) is 0 Å². The SMILES string of the molecule is Cc1cc(N)cc(S(=O)N(C)C)c1.O. The number of hydrogen-bond donors (Lipinski definition) is 1. The average molecular weight is 216 g/mol. The van der Waals surface area contributed by atoms with Crippen LogP contribution in [0.2, 0.25) is 0 Å². The van der Waals surface area contributed by atoms with E-state index in [0.717, 1.165) is 10.5 Å². The van der Waals surface area contributed by atoms with Gasteiger partial charge in [0.15, 0.2) is 0 Å². The molecule has 1 aromatic rings. The van der Waals surface area contributed by atoms with E-state index in [4.69, 9.17) is 5.73 Å². The van der Waals surface area contributed by atoms with Crippen molar-refractivity contribution in [1.29, 1.82) is 0 Å². The first-order valence-electron chi connectivity index (χ1n) is 3.97. The quantitative estimate of drug-likeness (QED) is 0.723. The van der Waals surface area contributed by atoms with Crippen molar-refractivity contribution in [1.82, 2.24) is 4.31 Å². The molecule has 0 aliphatic rings. The zero-order valence-electron chi connectivity index (χ0n) is 8.57. The predicted molar refractivity (Wildman–Crippen MR) is 59.3 cm³/mol. The fourth-order valence-electron chi connectivity index (χ4n) is 1.09. The Kier molecular flexibility index (Phi) is 4.76. The van der Waals surface area contributed by atoms with Crippen molar-refractivity contribution in [2.24, 2.45) is 0 Å². The van der Waals surface area contributed by atoms with Gasteiger partial charge >= 0.3 is 0 Å². The third-order valence-electron chi connectivity index (χ3n) is 1.61. The smallest absolute Gasteiger partial charge is 0.127 e. The molecule has 0 radical (unpaired) electrons. The Morgan fingerprint density at radius 3 is 2.29 bits per heavy atom. The van der Waals surface area contributed by atoms with Crippen molar-refractivity contribution in [2.45, 2.75) is 11.8 Å². The number of nitrogens with zero attached hydrogens (tertiary/aromatic N) is 1. The summed E-state index contributed by atoms with van der Waals surface area (Å²) < 4.78 is 13.3. The van der Waals surface area contributed by atoms with Gasteiger partial charge in [0.2, 0.25) is 0 Å². The lowest BCUT2D eigenvalue weighted by Gasteiger charge is -2.10. The van der Waals surface area contributed by atoms with Gasteiger partial charge in [-0.15, -0.1) is 0 Å². The average Bonchev–Trinajstić information content (AvgIpc) is 2.01. The van der Waals surface area contributed by atoms with E-state index in [9.17, 15) is 4.21 Å². The third-order valence-corrected chi connectivity index (χ3v) is 2.91. The topological polar surface area (TPSA) is 77.8 Å². The number of nitrogens with two attached hydrogens (primary N) is 1. The normalized spacial score (nSPS) is 12.3. The molecule has 0 bridgehead atoms. The molecule has 1 aromatic carbocycles. The molecule has 0 aromatic heterocycles. The Morgan fingerprint density at radius 1 is 1.29 bits per heavy atom. The summed E-state index contributed by atoms with van der Waals surface area (Å²) in [6.07, 6.45) is 0. The van der Waals surface area contributed by atoms with Gasteiger partial charge in [0.05, 0.1) is 4.90 Å². The summed E-state index contributed by atoms with van der Waals surface area (Å²) in [5.41, 5.74) is 7.33. The van der Waals surface area contributed by atoms with Crippen LogP contribution in [0, 0.1) is 6.92 Å². The van der Waals surface area contributed by atoms with Crippen molar-refractivity contribution >= 4 is 16.7 Å². The van der Waals surface area contributed by atoms with Gasteiger partial charge in [-0.1, -0.05) is 0 Å². The van der Waals surface area contributed by atoms with E-state index < -0.39 is 11.0 Å². The molecule has 0 amide bonds. The maximum absolute atomic E-state index is 11.6. The molecule has 80 valence electrons. The minimum Gasteiger partial charge on any atom is -0.412 e. The highest BCUT2D eigenvalue weighted by molar-refractivity contribution is 7.82. The van der Waals surface area contributed by atoms with Gasteiger partial charge < -0.3 is 11.2 Å². The first-order chi connectivity index (χ1) is 6.00. The van der Waals surface area contributed by atoms with Crippen LogP contribution < -0.4 is 5.73 Å². The number of rotatable bonds is 2. The maximum atomic E-state index is 11.6. The van der Waals surface area contributed by atoms with Crippen LogP contribution in [0.4, 0.5) is 5.69 Å². The van der Waals surface area contributed by atoms with Gasteiger partial charge in [0.1, 0.15) is 11.0 Å². The Hall–Kier alpha value is -0.910. The van der Waals surface area contributed by atoms with E-state index in [0.29, 0.717) is 5.69 Å². The highest BCUT2D eigenvalue weighted by Gasteiger charge is 2.06. The molecule has 4 N–H and O–H groups in total. The summed E-state index contributed by atoms with van der Waals surface area (Å²) in [4.78, 5) is 0.752. The van der Waals surface area contributed by atoms with Crippen LogP contribution in [0.1, 0.15) is 5.56 Å². The molecule has 0 aliphatic carbocycles. The fourth-order valence-corrected chi connectivity index (χ4v) is 2.03. The number of nitrogen functional groups attached to an aromatic ring is 1. The first-order valence-corrected chi connectivity index (χ1v) is 5.08. The second kappa shape index (κ2) is 5.09. The van der Waals surface area contributed by atoms with E-state index in [1.165, 1.54) is 0 Å². The van der Waals surface area contributed by atoms with Crippen LogP contribution in [0.5, 0.6) is 0 Å². The predicted octanol–water partition coefficient (Wildman–Crippen LogP) is 0.337. The van der Waals surface area contributed by atoms with Crippen molar-refractivity contribution < 1.29 is 9.69 Å². The maximum Gasteiger partial charge on any atom is 0.127 e. The lowest BCUT2D eigenvalue weighted by atomic mass is 10.2. The van der Waals surface area contributed by atoms with Crippen molar-refractivity contribution in [2.75, 3.05) is 19.8 Å². The van der Waals surface area contributed by atoms with Gasteiger partial charge in [0, 0.05) is 5.69 Å². The zero-order chi connectivity index (χ0) is 10.0. The Labute approximate surface area is 86.6 Å². The van der Waals surface area contributed by atoms with Gasteiger partial charge in [-0.2, -0.15) is 0 Å². The summed E-state index contributed by atoms with van der Waals surface area (Å²) >= 11 is 0. The first kappa shape index (κ1) is 13.1.